The van der Waals surface area contributed by atoms with E-state index >= 15 is 0 Å². The number of pyridine rings is 1. The monoisotopic (exact) mass is 335 g/mol. The maximum absolute atomic E-state index is 6.12. The first-order chi connectivity index (χ1) is 12.2. The van der Waals surface area contributed by atoms with Crippen molar-refractivity contribution in [2.24, 2.45) is 0 Å². The summed E-state index contributed by atoms with van der Waals surface area (Å²) in [5, 5.41) is 3.56. The molecule has 0 atom stereocenters. The average Bonchev–Trinajstić information content (AvgIpc) is 2.60. The van der Waals surface area contributed by atoms with Gasteiger partial charge in [0, 0.05) is 10.8 Å². The van der Waals surface area contributed by atoms with E-state index in [1.807, 2.05) is 0 Å². The lowest BCUT2D eigenvalue weighted by Crippen LogP contribution is -2.01. The van der Waals surface area contributed by atoms with Crippen LogP contribution >= 0.6 is 0 Å². The summed E-state index contributed by atoms with van der Waals surface area (Å²) in [5.41, 5.74) is 3.49. The topological polar surface area (TPSA) is 22.1 Å². The van der Waals surface area contributed by atoms with Crippen molar-refractivity contribution in [3.8, 4) is 5.88 Å². The van der Waals surface area contributed by atoms with Gasteiger partial charge in [0.25, 0.3) is 0 Å². The van der Waals surface area contributed by atoms with Crippen molar-refractivity contribution >= 4 is 21.7 Å². The summed E-state index contributed by atoms with van der Waals surface area (Å²) in [6.07, 6.45) is 7.63. The number of hydrogen-bond acceptors (Lipinski definition) is 2. The van der Waals surface area contributed by atoms with Crippen LogP contribution in [0.15, 0.2) is 36.4 Å². The number of unbranched alkanes of at least 4 members (excludes halogenated alkanes) is 5. The highest BCUT2D eigenvalue weighted by Gasteiger charge is 2.10. The van der Waals surface area contributed by atoms with Crippen LogP contribution in [-0.2, 0) is 0 Å². The van der Waals surface area contributed by atoms with Gasteiger partial charge in [-0.05, 0) is 43.4 Å². The highest BCUT2D eigenvalue weighted by atomic mass is 16.5. The van der Waals surface area contributed by atoms with Crippen LogP contribution in [0.25, 0.3) is 21.7 Å². The first-order valence-corrected chi connectivity index (χ1v) is 9.62. The van der Waals surface area contributed by atoms with Gasteiger partial charge in [-0.15, -0.1) is 0 Å². The van der Waals surface area contributed by atoms with Crippen LogP contribution in [0.1, 0.15) is 56.6 Å². The van der Waals surface area contributed by atoms with E-state index in [0.717, 1.165) is 29.8 Å². The van der Waals surface area contributed by atoms with E-state index in [4.69, 9.17) is 9.72 Å². The predicted octanol–water partition coefficient (Wildman–Crippen LogP) is 6.74. The Morgan fingerprint density at radius 3 is 2.24 bits per heavy atom. The number of benzene rings is 2. The minimum absolute atomic E-state index is 0.749. The standard InChI is InChI=1S/C23H29NO/c1-4-5-6-7-8-9-14-25-23-21-15-17(2)10-12-19(21)20-13-11-18(3)16-22(20)24-23/h10-13,15-16H,4-9,14H2,1-3H3. The Bertz CT molecular complexity index is 853. The number of fused-ring (bicyclic) bond motifs is 3. The number of hydrogen-bond donors (Lipinski definition) is 0. The molecule has 1 aromatic heterocycles. The summed E-state index contributed by atoms with van der Waals surface area (Å²) in [6.45, 7) is 7.23. The molecule has 0 saturated carbocycles. The van der Waals surface area contributed by atoms with Gasteiger partial charge in [-0.2, -0.15) is 0 Å². The smallest absolute Gasteiger partial charge is 0.221 e. The number of ether oxygens (including phenoxy) is 1. The molecule has 0 saturated heterocycles. The third kappa shape index (κ3) is 4.31. The van der Waals surface area contributed by atoms with Crippen molar-refractivity contribution in [1.29, 1.82) is 0 Å². The van der Waals surface area contributed by atoms with Crippen molar-refractivity contribution in [2.75, 3.05) is 6.61 Å². The fraction of sp³-hybridized carbons (Fsp3) is 0.435. The van der Waals surface area contributed by atoms with E-state index in [2.05, 4.69) is 57.2 Å². The van der Waals surface area contributed by atoms with E-state index in [-0.39, 0.29) is 0 Å². The van der Waals surface area contributed by atoms with Gasteiger partial charge in [0.1, 0.15) is 0 Å². The van der Waals surface area contributed by atoms with Crippen LogP contribution in [0.3, 0.4) is 0 Å². The second kappa shape index (κ2) is 8.33. The quantitative estimate of drug-likeness (QED) is 0.336. The highest BCUT2D eigenvalue weighted by molar-refractivity contribution is 6.08. The fourth-order valence-electron chi connectivity index (χ4n) is 3.36. The molecule has 0 aliphatic carbocycles. The Balaban J connectivity index is 1.81. The highest BCUT2D eigenvalue weighted by Crippen LogP contribution is 2.32. The lowest BCUT2D eigenvalue weighted by molar-refractivity contribution is 0.298. The van der Waals surface area contributed by atoms with Crippen LogP contribution in [0.5, 0.6) is 5.88 Å². The molecule has 1 heterocycles. The van der Waals surface area contributed by atoms with Crippen molar-refractivity contribution < 1.29 is 4.74 Å². The minimum Gasteiger partial charge on any atom is -0.477 e. The number of nitrogens with zero attached hydrogens (tertiary/aromatic N) is 1. The van der Waals surface area contributed by atoms with Crippen molar-refractivity contribution in [2.45, 2.75) is 59.3 Å². The first-order valence-electron chi connectivity index (χ1n) is 9.62. The zero-order chi connectivity index (χ0) is 17.6. The largest absolute Gasteiger partial charge is 0.477 e. The van der Waals surface area contributed by atoms with Gasteiger partial charge in [-0.25, -0.2) is 4.98 Å². The Morgan fingerprint density at radius 1 is 0.760 bits per heavy atom. The number of aromatic nitrogens is 1. The van der Waals surface area contributed by atoms with Gasteiger partial charge in [-0.3, -0.25) is 0 Å². The van der Waals surface area contributed by atoms with Gasteiger partial charge in [0.2, 0.25) is 5.88 Å². The van der Waals surface area contributed by atoms with Crippen molar-refractivity contribution in [1.82, 2.24) is 4.98 Å². The second-order valence-electron chi connectivity index (χ2n) is 7.10. The molecule has 0 radical (unpaired) electrons. The van der Waals surface area contributed by atoms with Gasteiger partial charge >= 0.3 is 0 Å². The molecule has 0 fully saturated rings. The summed E-state index contributed by atoms with van der Waals surface area (Å²) >= 11 is 0. The van der Waals surface area contributed by atoms with Crippen LogP contribution in [-0.4, -0.2) is 11.6 Å². The Morgan fingerprint density at radius 2 is 1.44 bits per heavy atom. The van der Waals surface area contributed by atoms with Crippen LogP contribution < -0.4 is 4.74 Å². The summed E-state index contributed by atoms with van der Waals surface area (Å²) in [6, 6.07) is 13.0. The molecule has 3 aromatic rings. The van der Waals surface area contributed by atoms with Crippen LogP contribution in [0.2, 0.25) is 0 Å². The average molecular weight is 335 g/mol. The number of rotatable bonds is 8. The van der Waals surface area contributed by atoms with E-state index in [0.29, 0.717) is 0 Å². The molecule has 0 unspecified atom stereocenters. The molecule has 0 aliphatic rings. The summed E-state index contributed by atoms with van der Waals surface area (Å²) in [7, 11) is 0. The lowest BCUT2D eigenvalue weighted by atomic mass is 10.0. The summed E-state index contributed by atoms with van der Waals surface area (Å²) in [4.78, 5) is 4.83. The Labute approximate surface area is 151 Å². The van der Waals surface area contributed by atoms with Gasteiger partial charge in [0.15, 0.2) is 0 Å². The van der Waals surface area contributed by atoms with E-state index in [1.165, 1.54) is 54.0 Å². The first kappa shape index (κ1) is 17.7. The van der Waals surface area contributed by atoms with Gasteiger partial charge in [-0.1, -0.05) is 68.9 Å². The molecular weight excluding hydrogens is 306 g/mol. The zero-order valence-corrected chi connectivity index (χ0v) is 15.8. The zero-order valence-electron chi connectivity index (χ0n) is 15.8. The van der Waals surface area contributed by atoms with Gasteiger partial charge < -0.3 is 4.74 Å². The maximum Gasteiger partial charge on any atom is 0.221 e. The molecule has 0 amide bonds. The summed E-state index contributed by atoms with van der Waals surface area (Å²) < 4.78 is 6.12. The van der Waals surface area contributed by atoms with Gasteiger partial charge in [0.05, 0.1) is 12.1 Å². The van der Waals surface area contributed by atoms with Crippen molar-refractivity contribution in [3.63, 3.8) is 0 Å². The lowest BCUT2D eigenvalue weighted by Gasteiger charge is -2.12. The van der Waals surface area contributed by atoms with Crippen molar-refractivity contribution in [3.05, 3.63) is 47.5 Å². The third-order valence-electron chi connectivity index (χ3n) is 4.81. The minimum atomic E-state index is 0.749. The molecule has 2 nitrogen and oxygen atoms in total. The van der Waals surface area contributed by atoms with Crippen LogP contribution in [0, 0.1) is 13.8 Å². The van der Waals surface area contributed by atoms with Crippen LogP contribution in [0.4, 0.5) is 0 Å². The van der Waals surface area contributed by atoms with E-state index < -0.39 is 0 Å². The predicted molar refractivity (Wildman–Crippen MR) is 108 cm³/mol. The molecule has 3 rings (SSSR count). The third-order valence-corrected chi connectivity index (χ3v) is 4.81. The Kier molecular flexibility index (Phi) is 5.91. The molecule has 132 valence electrons. The molecule has 0 bridgehead atoms. The second-order valence-corrected chi connectivity index (χ2v) is 7.10. The van der Waals surface area contributed by atoms with E-state index in [1.54, 1.807) is 0 Å². The molecular formula is C23H29NO. The molecule has 2 aromatic carbocycles. The maximum atomic E-state index is 6.12. The molecule has 25 heavy (non-hydrogen) atoms. The molecule has 0 spiro atoms. The molecule has 0 N–H and O–H groups in total. The fourth-order valence-corrected chi connectivity index (χ4v) is 3.36. The number of aryl methyl sites for hydroxylation is 2. The summed E-state index contributed by atoms with van der Waals surface area (Å²) in [5.74, 6) is 0.783. The van der Waals surface area contributed by atoms with E-state index in [9.17, 15) is 0 Å². The molecule has 2 heteroatoms. The normalized spacial score (nSPS) is 11.3. The Hall–Kier alpha value is -2.09. The SMILES string of the molecule is CCCCCCCCOc1nc2cc(C)ccc2c2ccc(C)cc12. The molecule has 0 aliphatic heterocycles.